The fourth-order valence-corrected chi connectivity index (χ4v) is 2.52. The summed E-state index contributed by atoms with van der Waals surface area (Å²) >= 11 is 0. The van der Waals surface area contributed by atoms with Gasteiger partial charge in [0.2, 0.25) is 0 Å². The smallest absolute Gasteiger partial charge is 0.0608 e. The zero-order valence-electron chi connectivity index (χ0n) is 10.9. The maximum absolute atomic E-state index is 9.15. The zero-order valence-corrected chi connectivity index (χ0v) is 10.9. The van der Waals surface area contributed by atoms with Crippen molar-refractivity contribution in [2.45, 2.75) is 64.0 Å². The van der Waals surface area contributed by atoms with Crippen LogP contribution in [-0.4, -0.2) is 41.3 Å². The van der Waals surface area contributed by atoms with Crippen LogP contribution in [0.4, 0.5) is 0 Å². The van der Waals surface area contributed by atoms with Gasteiger partial charge in [-0.05, 0) is 32.7 Å². The molecule has 0 spiro atoms. The topological polar surface area (TPSA) is 49.5 Å². The first kappa shape index (κ1) is 13.9. The van der Waals surface area contributed by atoms with E-state index in [1.165, 1.54) is 32.1 Å². The number of aliphatic hydroxyl groups excluding tert-OH is 1. The van der Waals surface area contributed by atoms with Crippen molar-refractivity contribution in [3.05, 3.63) is 0 Å². The Hall–Kier alpha value is -0.120. The molecule has 0 bridgehead atoms. The molecule has 0 aliphatic heterocycles. The minimum Gasteiger partial charge on any atom is -0.394 e. The lowest BCUT2D eigenvalue weighted by Crippen LogP contribution is -2.45. The van der Waals surface area contributed by atoms with Crippen LogP contribution in [-0.2, 0) is 0 Å². The molecule has 1 saturated carbocycles. The fourth-order valence-electron chi connectivity index (χ4n) is 2.52. The van der Waals surface area contributed by atoms with E-state index in [1.807, 2.05) is 6.92 Å². The predicted octanol–water partition coefficient (Wildman–Crippen LogP) is 1.74. The molecule has 1 atom stereocenters. The van der Waals surface area contributed by atoms with E-state index >= 15 is 0 Å². The van der Waals surface area contributed by atoms with E-state index in [2.05, 4.69) is 11.8 Å². The molecule has 0 amide bonds. The van der Waals surface area contributed by atoms with Crippen LogP contribution < -0.4 is 5.73 Å². The van der Waals surface area contributed by atoms with Gasteiger partial charge >= 0.3 is 0 Å². The average molecular weight is 228 g/mol. The molecule has 0 saturated heterocycles. The van der Waals surface area contributed by atoms with E-state index in [0.717, 1.165) is 25.6 Å². The summed E-state index contributed by atoms with van der Waals surface area (Å²) in [5.74, 6) is 0. The Balaban J connectivity index is 2.36. The molecule has 1 aliphatic rings. The Morgan fingerprint density at radius 1 is 1.31 bits per heavy atom. The molecule has 0 heterocycles. The van der Waals surface area contributed by atoms with Gasteiger partial charge in [-0.2, -0.15) is 0 Å². The SMILES string of the molecule is CCN(CCC(C)(N)CO)C1CCCCC1. The summed E-state index contributed by atoms with van der Waals surface area (Å²) < 4.78 is 0. The van der Waals surface area contributed by atoms with Crippen molar-refractivity contribution < 1.29 is 5.11 Å². The molecular weight excluding hydrogens is 200 g/mol. The van der Waals surface area contributed by atoms with Crippen molar-refractivity contribution in [3.8, 4) is 0 Å². The Labute approximate surface area is 100 Å². The minimum absolute atomic E-state index is 0.0786. The quantitative estimate of drug-likeness (QED) is 0.728. The van der Waals surface area contributed by atoms with Crippen molar-refractivity contribution in [2.75, 3.05) is 19.7 Å². The molecule has 1 aliphatic carbocycles. The number of rotatable bonds is 6. The van der Waals surface area contributed by atoms with E-state index in [9.17, 15) is 0 Å². The summed E-state index contributed by atoms with van der Waals surface area (Å²) in [5, 5.41) is 9.15. The highest BCUT2D eigenvalue weighted by atomic mass is 16.3. The van der Waals surface area contributed by atoms with Gasteiger partial charge in [-0.1, -0.05) is 26.2 Å². The first-order chi connectivity index (χ1) is 7.59. The molecule has 96 valence electrons. The van der Waals surface area contributed by atoms with Crippen LogP contribution in [0.1, 0.15) is 52.4 Å². The van der Waals surface area contributed by atoms with Crippen LogP contribution in [0.3, 0.4) is 0 Å². The second kappa shape index (κ2) is 6.58. The van der Waals surface area contributed by atoms with Crippen LogP contribution in [0, 0.1) is 0 Å². The lowest BCUT2D eigenvalue weighted by Gasteiger charge is -2.35. The standard InChI is InChI=1S/C13H28N2O/c1-3-15(10-9-13(2,14)11-16)12-7-5-4-6-8-12/h12,16H,3-11,14H2,1-2H3. The maximum Gasteiger partial charge on any atom is 0.0608 e. The first-order valence-electron chi connectivity index (χ1n) is 6.73. The molecule has 1 unspecified atom stereocenters. The largest absolute Gasteiger partial charge is 0.394 e. The van der Waals surface area contributed by atoms with Crippen LogP contribution in [0.2, 0.25) is 0 Å². The number of nitrogens with zero attached hydrogens (tertiary/aromatic N) is 1. The monoisotopic (exact) mass is 228 g/mol. The second-order valence-electron chi connectivity index (χ2n) is 5.48. The average Bonchev–Trinajstić information content (AvgIpc) is 2.31. The molecule has 3 heteroatoms. The van der Waals surface area contributed by atoms with Crippen LogP contribution in [0.15, 0.2) is 0 Å². The van der Waals surface area contributed by atoms with Crippen molar-refractivity contribution >= 4 is 0 Å². The van der Waals surface area contributed by atoms with E-state index < -0.39 is 5.54 Å². The summed E-state index contributed by atoms with van der Waals surface area (Å²) in [6, 6.07) is 0.758. The fraction of sp³-hybridized carbons (Fsp3) is 1.00. The molecule has 0 aromatic heterocycles. The summed E-state index contributed by atoms with van der Waals surface area (Å²) in [6.45, 7) is 6.36. The summed E-state index contributed by atoms with van der Waals surface area (Å²) in [4.78, 5) is 2.54. The molecule has 16 heavy (non-hydrogen) atoms. The lowest BCUT2D eigenvalue weighted by molar-refractivity contribution is 0.132. The van der Waals surface area contributed by atoms with Gasteiger partial charge in [0.05, 0.1) is 6.61 Å². The summed E-state index contributed by atoms with van der Waals surface area (Å²) in [6.07, 6.45) is 7.72. The van der Waals surface area contributed by atoms with Crippen molar-refractivity contribution in [2.24, 2.45) is 5.73 Å². The molecule has 0 aromatic rings. The molecule has 1 rings (SSSR count). The van der Waals surface area contributed by atoms with Gasteiger partial charge in [-0.15, -0.1) is 0 Å². The van der Waals surface area contributed by atoms with E-state index in [1.54, 1.807) is 0 Å². The number of hydrogen-bond acceptors (Lipinski definition) is 3. The Bertz CT molecular complexity index is 188. The van der Waals surface area contributed by atoms with Gasteiger partial charge in [-0.25, -0.2) is 0 Å². The van der Waals surface area contributed by atoms with Gasteiger partial charge in [0.15, 0.2) is 0 Å². The Morgan fingerprint density at radius 3 is 2.44 bits per heavy atom. The van der Waals surface area contributed by atoms with Crippen molar-refractivity contribution in [3.63, 3.8) is 0 Å². The number of nitrogens with two attached hydrogens (primary N) is 1. The number of aliphatic hydroxyl groups is 1. The third kappa shape index (κ3) is 4.40. The normalized spacial score (nSPS) is 22.3. The maximum atomic E-state index is 9.15. The minimum atomic E-state index is -0.415. The highest BCUT2D eigenvalue weighted by Crippen LogP contribution is 2.23. The molecule has 3 N–H and O–H groups in total. The van der Waals surface area contributed by atoms with Crippen LogP contribution >= 0.6 is 0 Å². The first-order valence-corrected chi connectivity index (χ1v) is 6.73. The Kier molecular flexibility index (Phi) is 5.73. The third-order valence-electron chi connectivity index (χ3n) is 3.83. The second-order valence-corrected chi connectivity index (χ2v) is 5.48. The van der Waals surface area contributed by atoms with Gasteiger partial charge < -0.3 is 15.7 Å². The number of hydrogen-bond donors (Lipinski definition) is 2. The van der Waals surface area contributed by atoms with Crippen LogP contribution in [0.5, 0.6) is 0 Å². The summed E-state index contributed by atoms with van der Waals surface area (Å²) in [7, 11) is 0. The van der Waals surface area contributed by atoms with Crippen molar-refractivity contribution in [1.29, 1.82) is 0 Å². The molecule has 1 fully saturated rings. The van der Waals surface area contributed by atoms with Gasteiger partial charge in [0, 0.05) is 18.1 Å². The molecule has 0 radical (unpaired) electrons. The van der Waals surface area contributed by atoms with E-state index in [-0.39, 0.29) is 6.61 Å². The van der Waals surface area contributed by atoms with E-state index in [0.29, 0.717) is 0 Å². The van der Waals surface area contributed by atoms with Gasteiger partial charge in [-0.3, -0.25) is 0 Å². The third-order valence-corrected chi connectivity index (χ3v) is 3.83. The van der Waals surface area contributed by atoms with Gasteiger partial charge in [0.25, 0.3) is 0 Å². The molecular formula is C13H28N2O. The van der Waals surface area contributed by atoms with Crippen molar-refractivity contribution in [1.82, 2.24) is 4.90 Å². The van der Waals surface area contributed by atoms with Crippen LogP contribution in [0.25, 0.3) is 0 Å². The highest BCUT2D eigenvalue weighted by molar-refractivity contribution is 4.81. The van der Waals surface area contributed by atoms with Gasteiger partial charge in [0.1, 0.15) is 0 Å². The predicted molar refractivity (Wildman–Crippen MR) is 68.4 cm³/mol. The highest BCUT2D eigenvalue weighted by Gasteiger charge is 2.23. The molecule has 0 aromatic carbocycles. The lowest BCUT2D eigenvalue weighted by atomic mass is 9.93. The molecule has 3 nitrogen and oxygen atoms in total. The zero-order chi connectivity index (χ0) is 12.0. The van der Waals surface area contributed by atoms with E-state index in [4.69, 9.17) is 10.8 Å². The Morgan fingerprint density at radius 2 is 1.94 bits per heavy atom. The summed E-state index contributed by atoms with van der Waals surface area (Å²) in [5.41, 5.74) is 5.56.